The van der Waals surface area contributed by atoms with Gasteiger partial charge in [-0.1, -0.05) is 12.8 Å². The van der Waals surface area contributed by atoms with Crippen molar-refractivity contribution in [2.24, 2.45) is 5.92 Å². The summed E-state index contributed by atoms with van der Waals surface area (Å²) in [6, 6.07) is 1.78. The Morgan fingerprint density at radius 1 is 1.47 bits per heavy atom. The fourth-order valence-corrected chi connectivity index (χ4v) is 2.51. The van der Waals surface area contributed by atoms with Gasteiger partial charge in [0.1, 0.15) is 0 Å². The Bertz CT molecular complexity index is 489. The zero-order valence-electron chi connectivity index (χ0n) is 9.95. The van der Waals surface area contributed by atoms with Crippen molar-refractivity contribution < 1.29 is 4.74 Å². The average molecular weight is 234 g/mol. The molecule has 3 rings (SSSR count). The Labute approximate surface area is 100 Å². The SMILES string of the molecule is Nc1cc2c(n(CCC3CC3)c1=O)CCOC2. The summed E-state index contributed by atoms with van der Waals surface area (Å²) in [7, 11) is 0. The maximum Gasteiger partial charge on any atom is 0.273 e. The van der Waals surface area contributed by atoms with Crippen molar-refractivity contribution in [3.05, 3.63) is 27.7 Å². The van der Waals surface area contributed by atoms with E-state index < -0.39 is 0 Å². The van der Waals surface area contributed by atoms with E-state index in [9.17, 15) is 4.79 Å². The second kappa shape index (κ2) is 4.18. The van der Waals surface area contributed by atoms with E-state index >= 15 is 0 Å². The molecule has 2 heterocycles. The first-order valence-electron chi connectivity index (χ1n) is 6.34. The summed E-state index contributed by atoms with van der Waals surface area (Å²) in [5.74, 6) is 0.832. The number of ether oxygens (including phenoxy) is 1. The van der Waals surface area contributed by atoms with E-state index in [1.807, 2.05) is 4.57 Å². The normalized spacial score (nSPS) is 19.1. The molecule has 0 atom stereocenters. The van der Waals surface area contributed by atoms with E-state index in [2.05, 4.69) is 0 Å². The number of hydrogen-bond acceptors (Lipinski definition) is 3. The molecule has 1 aliphatic heterocycles. The monoisotopic (exact) mass is 234 g/mol. The number of nitrogens with zero attached hydrogens (tertiary/aromatic N) is 1. The smallest absolute Gasteiger partial charge is 0.273 e. The zero-order chi connectivity index (χ0) is 11.8. The van der Waals surface area contributed by atoms with Crippen LogP contribution in [0.4, 0.5) is 5.69 Å². The molecule has 1 aromatic heterocycles. The number of aromatic nitrogens is 1. The Balaban J connectivity index is 1.96. The van der Waals surface area contributed by atoms with E-state index in [1.165, 1.54) is 12.8 Å². The van der Waals surface area contributed by atoms with E-state index in [0.717, 1.165) is 36.6 Å². The summed E-state index contributed by atoms with van der Waals surface area (Å²) in [5.41, 5.74) is 8.33. The summed E-state index contributed by atoms with van der Waals surface area (Å²) in [6.07, 6.45) is 4.58. The van der Waals surface area contributed by atoms with E-state index in [1.54, 1.807) is 6.07 Å². The van der Waals surface area contributed by atoms with Crippen LogP contribution in [0, 0.1) is 5.92 Å². The van der Waals surface area contributed by atoms with Crippen LogP contribution < -0.4 is 11.3 Å². The molecule has 4 nitrogen and oxygen atoms in total. The third-order valence-electron chi connectivity index (χ3n) is 3.72. The summed E-state index contributed by atoms with van der Waals surface area (Å²) >= 11 is 0. The lowest BCUT2D eigenvalue weighted by Crippen LogP contribution is -2.30. The number of nitrogens with two attached hydrogens (primary N) is 1. The molecule has 0 bridgehead atoms. The molecule has 1 aromatic rings. The minimum atomic E-state index is -0.0219. The molecule has 2 aliphatic rings. The number of pyridine rings is 1. The molecule has 1 aliphatic carbocycles. The fourth-order valence-electron chi connectivity index (χ4n) is 2.51. The van der Waals surface area contributed by atoms with Crippen molar-refractivity contribution in [1.29, 1.82) is 0 Å². The van der Waals surface area contributed by atoms with Crippen LogP contribution in [0.2, 0.25) is 0 Å². The minimum Gasteiger partial charge on any atom is -0.394 e. The van der Waals surface area contributed by atoms with Crippen LogP contribution in [-0.2, 0) is 24.3 Å². The first-order valence-corrected chi connectivity index (χ1v) is 6.34. The number of rotatable bonds is 3. The van der Waals surface area contributed by atoms with Gasteiger partial charge in [-0.3, -0.25) is 4.79 Å². The number of hydrogen-bond donors (Lipinski definition) is 1. The van der Waals surface area contributed by atoms with Gasteiger partial charge >= 0.3 is 0 Å². The second-order valence-corrected chi connectivity index (χ2v) is 5.06. The highest BCUT2D eigenvalue weighted by molar-refractivity contribution is 5.41. The van der Waals surface area contributed by atoms with E-state index in [0.29, 0.717) is 18.9 Å². The Hall–Kier alpha value is -1.29. The number of nitrogen functional groups attached to an aromatic ring is 1. The highest BCUT2D eigenvalue weighted by atomic mass is 16.5. The van der Waals surface area contributed by atoms with Crippen molar-refractivity contribution in [2.45, 2.75) is 38.8 Å². The van der Waals surface area contributed by atoms with Crippen molar-refractivity contribution in [1.82, 2.24) is 4.57 Å². The van der Waals surface area contributed by atoms with Crippen molar-refractivity contribution in [3.63, 3.8) is 0 Å². The minimum absolute atomic E-state index is 0.0219. The predicted molar refractivity (Wildman–Crippen MR) is 65.8 cm³/mol. The van der Waals surface area contributed by atoms with Crippen LogP contribution in [0.3, 0.4) is 0 Å². The topological polar surface area (TPSA) is 57.2 Å². The van der Waals surface area contributed by atoms with Gasteiger partial charge in [0.05, 0.1) is 18.9 Å². The van der Waals surface area contributed by atoms with Gasteiger partial charge < -0.3 is 15.0 Å². The molecule has 1 fully saturated rings. The first-order chi connectivity index (χ1) is 8.25. The first kappa shape index (κ1) is 10.8. The van der Waals surface area contributed by atoms with Gasteiger partial charge in [-0.05, 0) is 24.0 Å². The number of fused-ring (bicyclic) bond motifs is 1. The van der Waals surface area contributed by atoms with Crippen LogP contribution >= 0.6 is 0 Å². The summed E-state index contributed by atoms with van der Waals surface area (Å²) < 4.78 is 7.29. The third kappa shape index (κ3) is 2.09. The third-order valence-corrected chi connectivity index (χ3v) is 3.72. The summed E-state index contributed by atoms with van der Waals surface area (Å²) in [4.78, 5) is 12.1. The Morgan fingerprint density at radius 3 is 3.06 bits per heavy atom. The van der Waals surface area contributed by atoms with Crippen molar-refractivity contribution >= 4 is 5.69 Å². The predicted octanol–water partition coefficient (Wildman–Crippen LogP) is 1.30. The fraction of sp³-hybridized carbons (Fsp3) is 0.615. The van der Waals surface area contributed by atoms with Gasteiger partial charge in [-0.25, -0.2) is 0 Å². The standard InChI is InChI=1S/C13H18N2O2/c14-11-7-10-8-17-6-4-12(10)15(13(11)16)5-3-9-1-2-9/h7,9H,1-6,8,14H2. The molecule has 0 spiro atoms. The van der Waals surface area contributed by atoms with Crippen molar-refractivity contribution in [2.75, 3.05) is 12.3 Å². The molecular formula is C13H18N2O2. The van der Waals surface area contributed by atoms with Gasteiger partial charge in [0, 0.05) is 18.7 Å². The number of anilines is 1. The van der Waals surface area contributed by atoms with Crippen LogP contribution in [0.1, 0.15) is 30.5 Å². The summed E-state index contributed by atoms with van der Waals surface area (Å²) in [6.45, 7) is 2.11. The lowest BCUT2D eigenvalue weighted by molar-refractivity contribution is 0.107. The average Bonchev–Trinajstić information content (AvgIpc) is 3.14. The second-order valence-electron chi connectivity index (χ2n) is 5.06. The maximum absolute atomic E-state index is 12.1. The van der Waals surface area contributed by atoms with Gasteiger partial charge in [0.2, 0.25) is 0 Å². The van der Waals surface area contributed by atoms with Crippen molar-refractivity contribution in [3.8, 4) is 0 Å². The van der Waals surface area contributed by atoms with Gasteiger partial charge in [-0.2, -0.15) is 0 Å². The maximum atomic E-state index is 12.1. The van der Waals surface area contributed by atoms with E-state index in [-0.39, 0.29) is 5.56 Å². The molecule has 0 amide bonds. The molecule has 4 heteroatoms. The molecule has 1 saturated carbocycles. The molecule has 17 heavy (non-hydrogen) atoms. The molecule has 0 aromatic carbocycles. The van der Waals surface area contributed by atoms with Crippen LogP contribution in [0.25, 0.3) is 0 Å². The van der Waals surface area contributed by atoms with Gasteiger partial charge in [0.25, 0.3) is 5.56 Å². The quantitative estimate of drug-likeness (QED) is 0.857. The van der Waals surface area contributed by atoms with Crippen LogP contribution in [-0.4, -0.2) is 11.2 Å². The molecule has 2 N–H and O–H groups in total. The largest absolute Gasteiger partial charge is 0.394 e. The van der Waals surface area contributed by atoms with Gasteiger partial charge in [-0.15, -0.1) is 0 Å². The molecule has 0 radical (unpaired) electrons. The Kier molecular flexibility index (Phi) is 2.67. The molecule has 0 saturated heterocycles. The van der Waals surface area contributed by atoms with Gasteiger partial charge in [0.15, 0.2) is 0 Å². The lowest BCUT2D eigenvalue weighted by Gasteiger charge is -2.22. The molecule has 92 valence electrons. The molecule has 0 unspecified atom stereocenters. The van der Waals surface area contributed by atoms with Crippen LogP contribution in [0.5, 0.6) is 0 Å². The highest BCUT2D eigenvalue weighted by Gasteiger charge is 2.23. The highest BCUT2D eigenvalue weighted by Crippen LogP contribution is 2.33. The summed E-state index contributed by atoms with van der Waals surface area (Å²) in [5, 5.41) is 0. The molecular weight excluding hydrogens is 216 g/mol. The Morgan fingerprint density at radius 2 is 2.29 bits per heavy atom. The van der Waals surface area contributed by atoms with E-state index in [4.69, 9.17) is 10.5 Å². The lowest BCUT2D eigenvalue weighted by atomic mass is 10.1. The zero-order valence-corrected chi connectivity index (χ0v) is 9.95. The van der Waals surface area contributed by atoms with Crippen LogP contribution in [0.15, 0.2) is 10.9 Å².